The fourth-order valence-corrected chi connectivity index (χ4v) is 4.76. The summed E-state index contributed by atoms with van der Waals surface area (Å²) in [5.74, 6) is -0.278. The van der Waals surface area contributed by atoms with Gasteiger partial charge in [-0.05, 0) is 52.7 Å². The van der Waals surface area contributed by atoms with E-state index in [0.29, 0.717) is 6.42 Å². The summed E-state index contributed by atoms with van der Waals surface area (Å²) in [6.07, 6.45) is 2.39. The van der Waals surface area contributed by atoms with Gasteiger partial charge in [0.15, 0.2) is 5.78 Å². The lowest BCUT2D eigenvalue weighted by molar-refractivity contribution is 0.0976. The van der Waals surface area contributed by atoms with Crippen LogP contribution < -0.4 is 0 Å². The fourth-order valence-electron chi connectivity index (χ4n) is 4.76. The molecule has 1 aliphatic carbocycles. The number of halogens is 1. The van der Waals surface area contributed by atoms with Crippen molar-refractivity contribution in [3.8, 4) is 16.9 Å². The van der Waals surface area contributed by atoms with Gasteiger partial charge in [-0.25, -0.2) is 9.07 Å². The van der Waals surface area contributed by atoms with Gasteiger partial charge < -0.3 is 0 Å². The Morgan fingerprint density at radius 2 is 1.56 bits per heavy atom. The molecule has 0 amide bonds. The Morgan fingerprint density at radius 3 is 2.34 bits per heavy atom. The highest BCUT2D eigenvalue weighted by Gasteiger charge is 2.31. The number of hydrogen-bond acceptors (Lipinski definition) is 2. The second-order valence-electron chi connectivity index (χ2n) is 8.15. The van der Waals surface area contributed by atoms with Crippen LogP contribution >= 0.6 is 0 Å². The van der Waals surface area contributed by atoms with Crippen LogP contribution in [0.3, 0.4) is 0 Å². The molecule has 3 nitrogen and oxygen atoms in total. The van der Waals surface area contributed by atoms with E-state index in [-0.39, 0.29) is 17.5 Å². The van der Waals surface area contributed by atoms with Crippen LogP contribution in [0.25, 0.3) is 27.7 Å². The number of para-hydroxylation sites is 1. The van der Waals surface area contributed by atoms with Crippen molar-refractivity contribution in [2.24, 2.45) is 0 Å². The van der Waals surface area contributed by atoms with Crippen molar-refractivity contribution >= 4 is 16.6 Å². The van der Waals surface area contributed by atoms with Gasteiger partial charge in [0.2, 0.25) is 0 Å². The zero-order chi connectivity index (χ0) is 21.7. The Balaban J connectivity index is 1.60. The monoisotopic (exact) mass is 418 g/mol. The molecule has 1 aromatic heterocycles. The van der Waals surface area contributed by atoms with E-state index >= 15 is 0 Å². The minimum Gasteiger partial charge on any atom is -0.294 e. The Morgan fingerprint density at radius 1 is 0.812 bits per heavy atom. The summed E-state index contributed by atoms with van der Waals surface area (Å²) < 4.78 is 15.5. The molecule has 1 atom stereocenters. The Kier molecular flexibility index (Phi) is 4.25. The van der Waals surface area contributed by atoms with Crippen LogP contribution in [-0.4, -0.2) is 15.6 Å². The van der Waals surface area contributed by atoms with Crippen molar-refractivity contribution < 1.29 is 9.18 Å². The molecule has 0 saturated carbocycles. The number of rotatable bonds is 3. The molecular weight excluding hydrogens is 399 g/mol. The van der Waals surface area contributed by atoms with Crippen LogP contribution in [0.2, 0.25) is 0 Å². The van der Waals surface area contributed by atoms with E-state index in [1.165, 1.54) is 12.1 Å². The van der Waals surface area contributed by atoms with E-state index in [2.05, 4.69) is 6.07 Å². The molecule has 4 aromatic carbocycles. The number of nitrogens with zero attached hydrogens (tertiary/aromatic N) is 2. The average molecular weight is 418 g/mol. The molecular formula is C28H19FN2O. The number of ketones is 1. The van der Waals surface area contributed by atoms with Crippen LogP contribution in [0, 0.1) is 5.82 Å². The molecule has 0 aliphatic heterocycles. The van der Waals surface area contributed by atoms with E-state index in [1.54, 1.807) is 12.1 Å². The lowest BCUT2D eigenvalue weighted by atomic mass is 9.77. The Labute approximate surface area is 184 Å². The van der Waals surface area contributed by atoms with Crippen LogP contribution in [0.1, 0.15) is 33.8 Å². The highest BCUT2D eigenvalue weighted by molar-refractivity contribution is 6.12. The molecule has 0 radical (unpaired) electrons. The third-order valence-corrected chi connectivity index (χ3v) is 6.26. The molecule has 0 fully saturated rings. The number of Topliss-reactive ketones (excluding diaryl/α,β-unsaturated/α-hetero) is 1. The van der Waals surface area contributed by atoms with Crippen molar-refractivity contribution in [2.45, 2.75) is 12.3 Å². The maximum atomic E-state index is 13.6. The molecule has 0 saturated heterocycles. The summed E-state index contributed by atoms with van der Waals surface area (Å²) in [6, 6.07) is 28.4. The van der Waals surface area contributed by atoms with Gasteiger partial charge in [-0.3, -0.25) is 4.79 Å². The fraction of sp³-hybridized carbons (Fsp3) is 0.0714. The normalized spacial score (nSPS) is 15.3. The summed E-state index contributed by atoms with van der Waals surface area (Å²) in [6.45, 7) is 0. The van der Waals surface area contributed by atoms with Crippen molar-refractivity contribution in [1.29, 1.82) is 0 Å². The molecule has 4 heteroatoms. The van der Waals surface area contributed by atoms with Crippen molar-refractivity contribution in [3.63, 3.8) is 0 Å². The van der Waals surface area contributed by atoms with Crippen LogP contribution in [-0.2, 0) is 0 Å². The van der Waals surface area contributed by atoms with E-state index in [4.69, 9.17) is 5.10 Å². The van der Waals surface area contributed by atoms with E-state index < -0.39 is 0 Å². The topological polar surface area (TPSA) is 34.9 Å². The third kappa shape index (κ3) is 2.95. The van der Waals surface area contributed by atoms with Crippen molar-refractivity contribution in [3.05, 3.63) is 120 Å². The number of aromatic nitrogens is 2. The zero-order valence-corrected chi connectivity index (χ0v) is 17.2. The van der Waals surface area contributed by atoms with Gasteiger partial charge in [0.1, 0.15) is 5.82 Å². The molecule has 32 heavy (non-hydrogen) atoms. The molecule has 0 spiro atoms. The lowest BCUT2D eigenvalue weighted by Gasteiger charge is -2.25. The summed E-state index contributed by atoms with van der Waals surface area (Å²) in [4.78, 5) is 13.1. The first kappa shape index (κ1) is 18.7. The predicted octanol–water partition coefficient (Wildman–Crippen LogP) is 6.55. The van der Waals surface area contributed by atoms with E-state index in [9.17, 15) is 9.18 Å². The lowest BCUT2D eigenvalue weighted by Crippen LogP contribution is -2.16. The zero-order valence-electron chi connectivity index (χ0n) is 17.2. The van der Waals surface area contributed by atoms with E-state index in [0.717, 1.165) is 44.4 Å². The first-order valence-electron chi connectivity index (χ1n) is 10.6. The number of carbonyl (C=O) groups is 1. The molecule has 1 heterocycles. The van der Waals surface area contributed by atoms with Gasteiger partial charge in [-0.2, -0.15) is 5.10 Å². The van der Waals surface area contributed by atoms with Crippen LogP contribution in [0.5, 0.6) is 0 Å². The first-order valence-corrected chi connectivity index (χ1v) is 10.6. The minimum absolute atomic E-state index is 0.126. The molecule has 6 rings (SSSR count). The summed E-state index contributed by atoms with van der Waals surface area (Å²) in [5.41, 5.74) is 5.41. The van der Waals surface area contributed by atoms with Gasteiger partial charge in [0, 0.05) is 35.2 Å². The van der Waals surface area contributed by atoms with Gasteiger partial charge in [0.05, 0.1) is 11.4 Å². The Bertz CT molecular complexity index is 1460. The summed E-state index contributed by atoms with van der Waals surface area (Å²) in [5, 5.41) is 6.97. The summed E-state index contributed by atoms with van der Waals surface area (Å²) >= 11 is 0. The van der Waals surface area contributed by atoms with Gasteiger partial charge in [-0.15, -0.1) is 0 Å². The standard InChI is InChI=1S/C28H19FN2O/c29-20-14-12-19(13-15-20)28-25(17-31(30-28)21-8-2-1-3-9-21)24-16-26(32)23-11-5-7-18-6-4-10-22(24)27(18)23/h1-15,17,24H,16H2/t24-/m1/s1. The van der Waals surface area contributed by atoms with E-state index in [1.807, 2.05) is 71.5 Å². The van der Waals surface area contributed by atoms with Crippen LogP contribution in [0.15, 0.2) is 97.2 Å². The van der Waals surface area contributed by atoms with Gasteiger partial charge in [0.25, 0.3) is 0 Å². The third-order valence-electron chi connectivity index (χ3n) is 6.26. The maximum absolute atomic E-state index is 13.6. The van der Waals surface area contributed by atoms with Crippen LogP contribution in [0.4, 0.5) is 4.39 Å². The van der Waals surface area contributed by atoms with Crippen molar-refractivity contribution in [1.82, 2.24) is 9.78 Å². The number of carbonyl (C=O) groups excluding carboxylic acids is 1. The smallest absolute Gasteiger partial charge is 0.164 e. The summed E-state index contributed by atoms with van der Waals surface area (Å²) in [7, 11) is 0. The molecule has 0 bridgehead atoms. The Hall–Kier alpha value is -4.05. The SMILES string of the molecule is O=C1C[C@@H](c2cn(-c3ccccc3)nc2-c2ccc(F)cc2)c2cccc3cccc1c23. The second kappa shape index (κ2) is 7.27. The minimum atomic E-state index is -0.288. The maximum Gasteiger partial charge on any atom is 0.164 e. The number of benzene rings is 4. The molecule has 154 valence electrons. The van der Waals surface area contributed by atoms with Gasteiger partial charge in [-0.1, -0.05) is 54.6 Å². The molecule has 5 aromatic rings. The second-order valence-corrected chi connectivity index (χ2v) is 8.15. The predicted molar refractivity (Wildman–Crippen MR) is 124 cm³/mol. The van der Waals surface area contributed by atoms with Gasteiger partial charge >= 0.3 is 0 Å². The number of hydrogen-bond donors (Lipinski definition) is 0. The van der Waals surface area contributed by atoms with Crippen molar-refractivity contribution in [2.75, 3.05) is 0 Å². The highest BCUT2D eigenvalue weighted by Crippen LogP contribution is 2.43. The highest BCUT2D eigenvalue weighted by atomic mass is 19.1. The largest absolute Gasteiger partial charge is 0.294 e. The molecule has 0 N–H and O–H groups in total. The first-order chi connectivity index (χ1) is 15.7. The quantitative estimate of drug-likeness (QED) is 0.333. The average Bonchev–Trinajstić information content (AvgIpc) is 3.28. The molecule has 1 aliphatic rings. The molecule has 0 unspecified atom stereocenters.